The molecule has 0 unspecified atom stereocenters. The molecule has 0 N–H and O–H groups in total. The minimum absolute atomic E-state index is 0.0518. The Balaban J connectivity index is 1.49. The first-order valence-electron chi connectivity index (χ1n) is 10.4. The van der Waals surface area contributed by atoms with Gasteiger partial charge in [0.25, 0.3) is 5.91 Å². The molecule has 7 heteroatoms. The molecule has 1 aliphatic carbocycles. The van der Waals surface area contributed by atoms with Crippen molar-refractivity contribution in [3.8, 4) is 5.75 Å². The fourth-order valence-electron chi connectivity index (χ4n) is 3.84. The maximum atomic E-state index is 13.0. The number of carbonyl (C=O) groups is 1. The lowest BCUT2D eigenvalue weighted by Crippen LogP contribution is -2.36. The monoisotopic (exact) mass is 409 g/mol. The number of ether oxygens (including phenoxy) is 1. The summed E-state index contributed by atoms with van der Waals surface area (Å²) in [5.74, 6) is 0.459. The first kappa shape index (κ1) is 20.2. The van der Waals surface area contributed by atoms with E-state index in [9.17, 15) is 9.59 Å². The summed E-state index contributed by atoms with van der Waals surface area (Å²) in [4.78, 5) is 26.6. The van der Waals surface area contributed by atoms with Crippen LogP contribution < -0.4 is 10.4 Å². The summed E-state index contributed by atoms with van der Waals surface area (Å²) in [5, 5.41) is 5.34. The molecule has 2 aromatic heterocycles. The molecule has 2 heterocycles. The smallest absolute Gasteiger partial charge is 0.336 e. The lowest BCUT2D eigenvalue weighted by Gasteiger charge is -2.23. The minimum Gasteiger partial charge on any atom is -0.484 e. The number of nitrogens with zero attached hydrogens (tertiary/aromatic N) is 3. The van der Waals surface area contributed by atoms with Crippen molar-refractivity contribution in [3.05, 3.63) is 57.2 Å². The average molecular weight is 409 g/mol. The van der Waals surface area contributed by atoms with Gasteiger partial charge in [-0.3, -0.25) is 9.48 Å². The van der Waals surface area contributed by atoms with E-state index in [0.717, 1.165) is 47.2 Å². The van der Waals surface area contributed by atoms with Crippen LogP contribution in [-0.4, -0.2) is 33.2 Å². The summed E-state index contributed by atoms with van der Waals surface area (Å²) in [5.41, 5.74) is 4.15. The van der Waals surface area contributed by atoms with Crippen LogP contribution in [0, 0.1) is 13.8 Å². The second kappa shape index (κ2) is 7.97. The second-order valence-electron chi connectivity index (χ2n) is 7.92. The van der Waals surface area contributed by atoms with E-state index in [0.29, 0.717) is 17.9 Å². The Morgan fingerprint density at radius 2 is 2.07 bits per heavy atom. The quantitative estimate of drug-likeness (QED) is 0.560. The first-order chi connectivity index (χ1) is 14.4. The SMILES string of the molecule is CCc1cc(=O)oc2cc(OCC(=O)N(Cc3c(C)nn(C)c3C)C3CC3)ccc12. The summed E-state index contributed by atoms with van der Waals surface area (Å²) in [6.45, 7) is 6.48. The zero-order valence-corrected chi connectivity index (χ0v) is 17.9. The van der Waals surface area contributed by atoms with Gasteiger partial charge >= 0.3 is 5.63 Å². The number of rotatable bonds is 7. The Morgan fingerprint density at radius 3 is 2.70 bits per heavy atom. The number of aromatic nitrogens is 2. The van der Waals surface area contributed by atoms with Gasteiger partial charge in [0.1, 0.15) is 11.3 Å². The number of aryl methyl sites for hydroxylation is 3. The third-order valence-electron chi connectivity index (χ3n) is 5.84. The molecular formula is C23H27N3O4. The molecule has 1 saturated carbocycles. The summed E-state index contributed by atoms with van der Waals surface area (Å²) in [6.07, 6.45) is 2.78. The van der Waals surface area contributed by atoms with E-state index >= 15 is 0 Å². The van der Waals surface area contributed by atoms with Crippen LogP contribution >= 0.6 is 0 Å². The molecule has 0 spiro atoms. The third-order valence-corrected chi connectivity index (χ3v) is 5.84. The van der Waals surface area contributed by atoms with Gasteiger partial charge in [-0.2, -0.15) is 5.10 Å². The molecule has 0 saturated heterocycles. The Labute approximate surface area is 175 Å². The van der Waals surface area contributed by atoms with Crippen molar-refractivity contribution >= 4 is 16.9 Å². The van der Waals surface area contributed by atoms with Crippen molar-refractivity contribution in [3.63, 3.8) is 0 Å². The topological polar surface area (TPSA) is 77.6 Å². The van der Waals surface area contributed by atoms with Crippen LogP contribution in [0.1, 0.15) is 42.3 Å². The predicted molar refractivity (Wildman–Crippen MR) is 114 cm³/mol. The molecule has 158 valence electrons. The maximum Gasteiger partial charge on any atom is 0.336 e. The molecule has 0 aliphatic heterocycles. The summed E-state index contributed by atoms with van der Waals surface area (Å²) in [6, 6.07) is 7.15. The van der Waals surface area contributed by atoms with Crippen LogP contribution in [0.25, 0.3) is 11.0 Å². The third kappa shape index (κ3) is 3.97. The molecule has 0 bridgehead atoms. The minimum atomic E-state index is -0.380. The molecule has 1 aromatic carbocycles. The molecule has 0 radical (unpaired) electrons. The number of hydrogen-bond donors (Lipinski definition) is 0. The maximum absolute atomic E-state index is 13.0. The summed E-state index contributed by atoms with van der Waals surface area (Å²) < 4.78 is 12.9. The van der Waals surface area contributed by atoms with Crippen molar-refractivity contribution in [1.82, 2.24) is 14.7 Å². The number of carbonyl (C=O) groups excluding carboxylic acids is 1. The lowest BCUT2D eigenvalue weighted by molar-refractivity contribution is -0.134. The number of hydrogen-bond acceptors (Lipinski definition) is 5. The van der Waals surface area contributed by atoms with Gasteiger partial charge in [-0.05, 0) is 50.8 Å². The predicted octanol–water partition coefficient (Wildman–Crippen LogP) is 3.28. The van der Waals surface area contributed by atoms with Gasteiger partial charge in [0.15, 0.2) is 6.61 Å². The van der Waals surface area contributed by atoms with E-state index in [2.05, 4.69) is 5.10 Å². The Morgan fingerprint density at radius 1 is 1.30 bits per heavy atom. The molecular weight excluding hydrogens is 382 g/mol. The fourth-order valence-corrected chi connectivity index (χ4v) is 3.84. The molecule has 0 atom stereocenters. The van der Waals surface area contributed by atoms with Crippen molar-refractivity contribution in [1.29, 1.82) is 0 Å². The molecule has 1 fully saturated rings. The van der Waals surface area contributed by atoms with Crippen LogP contribution in [-0.2, 0) is 24.8 Å². The van der Waals surface area contributed by atoms with E-state index < -0.39 is 0 Å². The average Bonchev–Trinajstić information content (AvgIpc) is 3.52. The van der Waals surface area contributed by atoms with Crippen molar-refractivity contribution in [2.24, 2.45) is 7.05 Å². The van der Waals surface area contributed by atoms with E-state index in [4.69, 9.17) is 9.15 Å². The highest BCUT2D eigenvalue weighted by Crippen LogP contribution is 2.30. The van der Waals surface area contributed by atoms with Gasteiger partial charge in [-0.25, -0.2) is 4.79 Å². The van der Waals surface area contributed by atoms with Gasteiger partial charge < -0.3 is 14.1 Å². The molecule has 30 heavy (non-hydrogen) atoms. The number of amides is 1. The van der Waals surface area contributed by atoms with Gasteiger partial charge in [-0.1, -0.05) is 6.92 Å². The molecule has 7 nitrogen and oxygen atoms in total. The molecule has 1 aliphatic rings. The van der Waals surface area contributed by atoms with E-state index in [-0.39, 0.29) is 24.2 Å². The van der Waals surface area contributed by atoms with Crippen molar-refractivity contribution < 1.29 is 13.9 Å². The van der Waals surface area contributed by atoms with E-state index in [1.165, 1.54) is 6.07 Å². The highest BCUT2D eigenvalue weighted by Gasteiger charge is 2.33. The molecule has 1 amide bonds. The van der Waals surface area contributed by atoms with Gasteiger partial charge in [0.05, 0.1) is 5.69 Å². The Kier molecular flexibility index (Phi) is 5.37. The van der Waals surface area contributed by atoms with Crippen LogP contribution in [0.3, 0.4) is 0 Å². The molecule has 4 rings (SSSR count). The largest absolute Gasteiger partial charge is 0.484 e. The zero-order chi connectivity index (χ0) is 21.4. The van der Waals surface area contributed by atoms with E-state index in [1.54, 1.807) is 6.07 Å². The van der Waals surface area contributed by atoms with Gasteiger partial charge in [-0.15, -0.1) is 0 Å². The van der Waals surface area contributed by atoms with Crippen molar-refractivity contribution in [2.45, 2.75) is 52.6 Å². The van der Waals surface area contributed by atoms with Crippen LogP contribution in [0.5, 0.6) is 5.75 Å². The standard InChI is InChI=1S/C23H27N3O4/c1-5-16-10-23(28)30-21-11-18(8-9-19(16)21)29-13-22(27)26(17-6-7-17)12-20-14(2)24-25(4)15(20)3/h8-11,17H,5-7,12-13H2,1-4H3. The summed E-state index contributed by atoms with van der Waals surface area (Å²) in [7, 11) is 1.92. The fraction of sp³-hybridized carbons (Fsp3) is 0.435. The van der Waals surface area contributed by atoms with Crippen LogP contribution in [0.4, 0.5) is 0 Å². The van der Waals surface area contributed by atoms with Crippen LogP contribution in [0.15, 0.2) is 33.5 Å². The van der Waals surface area contributed by atoms with Crippen molar-refractivity contribution in [2.75, 3.05) is 6.61 Å². The van der Waals surface area contributed by atoms with E-state index in [1.807, 2.05) is 49.5 Å². The zero-order valence-electron chi connectivity index (χ0n) is 17.9. The van der Waals surface area contributed by atoms with Gasteiger partial charge in [0.2, 0.25) is 0 Å². The highest BCUT2D eigenvalue weighted by molar-refractivity contribution is 5.82. The highest BCUT2D eigenvalue weighted by atomic mass is 16.5. The Bertz CT molecular complexity index is 1160. The van der Waals surface area contributed by atoms with Gasteiger partial charge in [0, 0.05) is 48.4 Å². The number of benzene rings is 1. The Hall–Kier alpha value is -3.09. The second-order valence-corrected chi connectivity index (χ2v) is 7.92. The normalized spacial score (nSPS) is 13.6. The first-order valence-corrected chi connectivity index (χ1v) is 10.4. The lowest BCUT2D eigenvalue weighted by atomic mass is 10.1. The van der Waals surface area contributed by atoms with Crippen LogP contribution in [0.2, 0.25) is 0 Å². The number of fused-ring (bicyclic) bond motifs is 1. The molecule has 3 aromatic rings. The summed E-state index contributed by atoms with van der Waals surface area (Å²) >= 11 is 0.